The van der Waals surface area contributed by atoms with Crippen LogP contribution in [0, 0.1) is 0 Å². The number of nitrogens with zero attached hydrogens (tertiary/aromatic N) is 2. The topological polar surface area (TPSA) is 37.8 Å². The van der Waals surface area contributed by atoms with Crippen molar-refractivity contribution < 1.29 is 0 Å². The molecule has 0 aliphatic heterocycles. The van der Waals surface area contributed by atoms with Gasteiger partial charge in [-0.05, 0) is 48.5 Å². The van der Waals surface area contributed by atoms with Crippen molar-refractivity contribution >= 4 is 46.6 Å². The monoisotopic (exact) mass is 365 g/mol. The zero-order chi connectivity index (χ0) is 16.2. The Balaban J connectivity index is 0.00000182. The normalized spacial score (nSPS) is 10.2. The predicted octanol–water partition coefficient (Wildman–Crippen LogP) is 5.95. The fourth-order valence-corrected chi connectivity index (χ4v) is 3.31. The van der Waals surface area contributed by atoms with Crippen LogP contribution in [0.4, 0.5) is 11.5 Å². The maximum Gasteiger partial charge on any atom is 0.141 e. The van der Waals surface area contributed by atoms with Gasteiger partial charge in [-0.25, -0.2) is 9.97 Å². The average Bonchev–Trinajstić information content (AvgIpc) is 2.65. The largest absolute Gasteiger partial charge is 0.340 e. The van der Waals surface area contributed by atoms with E-state index in [1.165, 1.54) is 9.79 Å². The highest BCUT2D eigenvalue weighted by molar-refractivity contribution is 7.99. The molecule has 0 spiro atoms. The van der Waals surface area contributed by atoms with E-state index in [4.69, 9.17) is 0 Å². The van der Waals surface area contributed by atoms with Crippen molar-refractivity contribution in [3.05, 3.63) is 85.2 Å². The Morgan fingerprint density at radius 1 is 0.680 bits per heavy atom. The summed E-state index contributed by atoms with van der Waals surface area (Å²) >= 11 is 1.75. The molecule has 0 bridgehead atoms. The number of nitrogens with one attached hydrogen (secondary N) is 1. The van der Waals surface area contributed by atoms with Crippen LogP contribution in [0.1, 0.15) is 0 Å². The van der Waals surface area contributed by atoms with Crippen molar-refractivity contribution in [2.45, 2.75) is 9.79 Å². The fraction of sp³-hybridized carbons (Fsp3) is 0. The molecule has 1 aromatic heterocycles. The van der Waals surface area contributed by atoms with Crippen LogP contribution in [0.25, 0.3) is 10.9 Å². The lowest BCUT2D eigenvalue weighted by atomic mass is 10.2. The summed E-state index contributed by atoms with van der Waals surface area (Å²) in [5.74, 6) is 0.823. The van der Waals surface area contributed by atoms with Crippen LogP contribution in [0.15, 0.2) is 95.0 Å². The molecule has 3 aromatic carbocycles. The van der Waals surface area contributed by atoms with Crippen molar-refractivity contribution in [2.24, 2.45) is 0 Å². The van der Waals surface area contributed by atoms with Gasteiger partial charge in [-0.15, -0.1) is 12.4 Å². The van der Waals surface area contributed by atoms with E-state index in [1.54, 1.807) is 18.1 Å². The first-order chi connectivity index (χ1) is 11.9. The van der Waals surface area contributed by atoms with Gasteiger partial charge in [-0.2, -0.15) is 0 Å². The van der Waals surface area contributed by atoms with E-state index in [9.17, 15) is 0 Å². The Bertz CT molecular complexity index is 954. The number of benzene rings is 3. The smallest absolute Gasteiger partial charge is 0.141 e. The second-order valence-electron chi connectivity index (χ2n) is 5.30. The Kier molecular flexibility index (Phi) is 5.53. The quantitative estimate of drug-likeness (QED) is 0.485. The van der Waals surface area contributed by atoms with Gasteiger partial charge in [0.15, 0.2) is 0 Å². The molecule has 0 fully saturated rings. The van der Waals surface area contributed by atoms with Crippen molar-refractivity contribution in [3.63, 3.8) is 0 Å². The van der Waals surface area contributed by atoms with Gasteiger partial charge in [0.25, 0.3) is 0 Å². The Hall–Kier alpha value is -2.56. The molecule has 0 saturated carbocycles. The molecule has 3 nitrogen and oxygen atoms in total. The first-order valence-electron chi connectivity index (χ1n) is 7.68. The minimum Gasteiger partial charge on any atom is -0.340 e. The molecule has 124 valence electrons. The van der Waals surface area contributed by atoms with E-state index < -0.39 is 0 Å². The van der Waals surface area contributed by atoms with Gasteiger partial charge < -0.3 is 5.32 Å². The summed E-state index contributed by atoms with van der Waals surface area (Å²) in [6.07, 6.45) is 1.59. The molecule has 5 heteroatoms. The summed E-state index contributed by atoms with van der Waals surface area (Å²) in [4.78, 5) is 11.1. The third kappa shape index (κ3) is 4.10. The zero-order valence-corrected chi connectivity index (χ0v) is 14.9. The van der Waals surface area contributed by atoms with Crippen LogP contribution in [-0.2, 0) is 0 Å². The number of rotatable bonds is 4. The van der Waals surface area contributed by atoms with Gasteiger partial charge in [0, 0.05) is 20.9 Å². The summed E-state index contributed by atoms with van der Waals surface area (Å²) in [5.41, 5.74) is 1.95. The first-order valence-corrected chi connectivity index (χ1v) is 8.50. The molecule has 0 aliphatic rings. The summed E-state index contributed by atoms with van der Waals surface area (Å²) < 4.78 is 0. The number of aromatic nitrogens is 2. The van der Waals surface area contributed by atoms with Gasteiger partial charge in [-0.1, -0.05) is 42.1 Å². The fourth-order valence-electron chi connectivity index (χ4n) is 2.47. The number of hydrogen-bond acceptors (Lipinski definition) is 4. The van der Waals surface area contributed by atoms with E-state index in [2.05, 4.69) is 63.8 Å². The first kappa shape index (κ1) is 17.3. The Morgan fingerprint density at radius 2 is 1.36 bits per heavy atom. The average molecular weight is 366 g/mol. The van der Waals surface area contributed by atoms with Crippen LogP contribution in [0.5, 0.6) is 0 Å². The highest BCUT2D eigenvalue weighted by atomic mass is 35.5. The molecule has 0 atom stereocenters. The number of hydrogen-bond donors (Lipinski definition) is 1. The van der Waals surface area contributed by atoms with Crippen molar-refractivity contribution in [1.29, 1.82) is 0 Å². The minimum absolute atomic E-state index is 0. The maximum atomic E-state index is 4.36. The number of fused-ring (bicyclic) bond motifs is 1. The molecule has 0 saturated heterocycles. The molecule has 1 heterocycles. The molecule has 0 aliphatic carbocycles. The zero-order valence-electron chi connectivity index (χ0n) is 13.3. The minimum atomic E-state index is 0. The van der Waals surface area contributed by atoms with E-state index in [1.807, 2.05) is 30.3 Å². The van der Waals surface area contributed by atoms with Gasteiger partial charge >= 0.3 is 0 Å². The number of halogens is 1. The maximum absolute atomic E-state index is 4.36. The van der Waals surface area contributed by atoms with Gasteiger partial charge in [0.05, 0.1) is 5.52 Å². The van der Waals surface area contributed by atoms with Gasteiger partial charge in [0.1, 0.15) is 12.1 Å². The number of para-hydroxylation sites is 1. The van der Waals surface area contributed by atoms with E-state index in [0.29, 0.717) is 0 Å². The molecule has 0 radical (unpaired) electrons. The van der Waals surface area contributed by atoms with Crippen molar-refractivity contribution in [3.8, 4) is 0 Å². The van der Waals surface area contributed by atoms with Crippen LogP contribution in [0.2, 0.25) is 0 Å². The molecule has 4 aromatic rings. The SMILES string of the molecule is Cl.c1ccc(Sc2ccc(Nc3ncnc4ccccc34)cc2)cc1. The highest BCUT2D eigenvalue weighted by Gasteiger charge is 2.03. The van der Waals surface area contributed by atoms with Crippen LogP contribution in [-0.4, -0.2) is 9.97 Å². The second kappa shape index (κ2) is 8.01. The van der Waals surface area contributed by atoms with Crippen LogP contribution in [0.3, 0.4) is 0 Å². The summed E-state index contributed by atoms with van der Waals surface area (Å²) in [7, 11) is 0. The van der Waals surface area contributed by atoms with Gasteiger partial charge in [-0.3, -0.25) is 0 Å². The third-order valence-electron chi connectivity index (χ3n) is 3.64. The molecule has 25 heavy (non-hydrogen) atoms. The molecular weight excluding hydrogens is 350 g/mol. The molecular formula is C20H16ClN3S. The lowest BCUT2D eigenvalue weighted by Gasteiger charge is -2.09. The van der Waals surface area contributed by atoms with Crippen LogP contribution >= 0.6 is 24.2 Å². The van der Waals surface area contributed by atoms with E-state index in [0.717, 1.165) is 22.4 Å². The third-order valence-corrected chi connectivity index (χ3v) is 4.65. The molecule has 0 amide bonds. The molecule has 0 unspecified atom stereocenters. The molecule has 1 N–H and O–H groups in total. The lowest BCUT2D eigenvalue weighted by molar-refractivity contribution is 1.22. The summed E-state index contributed by atoms with van der Waals surface area (Å²) in [6, 6.07) is 26.7. The second-order valence-corrected chi connectivity index (χ2v) is 6.45. The molecule has 4 rings (SSSR count). The lowest BCUT2D eigenvalue weighted by Crippen LogP contribution is -1.95. The Labute approximate surface area is 156 Å². The summed E-state index contributed by atoms with van der Waals surface area (Å²) in [5, 5.41) is 4.39. The van der Waals surface area contributed by atoms with E-state index >= 15 is 0 Å². The standard InChI is InChI=1S/C20H15N3S.ClH/c1-2-6-16(7-3-1)24-17-12-10-15(11-13-17)23-20-18-8-4-5-9-19(18)21-14-22-20;/h1-14H,(H,21,22,23);1H. The highest BCUT2D eigenvalue weighted by Crippen LogP contribution is 2.29. The van der Waals surface area contributed by atoms with Crippen molar-refractivity contribution in [1.82, 2.24) is 9.97 Å². The number of anilines is 2. The van der Waals surface area contributed by atoms with Gasteiger partial charge in [0.2, 0.25) is 0 Å². The van der Waals surface area contributed by atoms with Crippen molar-refractivity contribution in [2.75, 3.05) is 5.32 Å². The summed E-state index contributed by atoms with van der Waals surface area (Å²) in [6.45, 7) is 0. The van der Waals surface area contributed by atoms with Crippen LogP contribution < -0.4 is 5.32 Å². The predicted molar refractivity (Wildman–Crippen MR) is 107 cm³/mol. The Morgan fingerprint density at radius 3 is 2.16 bits per heavy atom. The van der Waals surface area contributed by atoms with E-state index in [-0.39, 0.29) is 12.4 Å².